The van der Waals surface area contributed by atoms with Crippen LogP contribution < -0.4 is 5.30 Å². The van der Waals surface area contributed by atoms with E-state index in [0.29, 0.717) is 52.6 Å². The van der Waals surface area contributed by atoms with E-state index in [1.807, 2.05) is 30.3 Å². The summed E-state index contributed by atoms with van der Waals surface area (Å²) in [7, 11) is -2.71. The van der Waals surface area contributed by atoms with Crippen molar-refractivity contribution in [2.45, 2.75) is 0 Å². The lowest BCUT2D eigenvalue weighted by Crippen LogP contribution is -2.46. The van der Waals surface area contributed by atoms with Gasteiger partial charge < -0.3 is 9.47 Å². The quantitative estimate of drug-likeness (QED) is 0.397. The Labute approximate surface area is 180 Å². The summed E-state index contributed by atoms with van der Waals surface area (Å²) in [4.78, 5) is 24.5. The van der Waals surface area contributed by atoms with Crippen molar-refractivity contribution in [1.82, 2.24) is 9.34 Å². The van der Waals surface area contributed by atoms with Crippen molar-refractivity contribution in [1.29, 1.82) is 0 Å². The molecule has 0 atom stereocenters. The molecule has 2 aromatic carbocycles. The second-order valence-corrected chi connectivity index (χ2v) is 10.2. The zero-order valence-corrected chi connectivity index (χ0v) is 18.0. The van der Waals surface area contributed by atoms with E-state index >= 15 is 0 Å². The first kappa shape index (κ1) is 21.8. The molecule has 4 rings (SSSR count). The summed E-state index contributed by atoms with van der Waals surface area (Å²) in [5.41, 5.74) is -0.222. The van der Waals surface area contributed by atoms with Crippen LogP contribution in [0.25, 0.3) is 0 Å². The highest BCUT2D eigenvalue weighted by atomic mass is 31.2. The smallest absolute Gasteiger partial charge is 0.285 e. The minimum absolute atomic E-state index is 0.00863. The fourth-order valence-electron chi connectivity index (χ4n) is 3.98. The Morgan fingerprint density at radius 2 is 1.39 bits per heavy atom. The third-order valence-electron chi connectivity index (χ3n) is 5.43. The third kappa shape index (κ3) is 4.46. The van der Waals surface area contributed by atoms with Crippen molar-refractivity contribution in [3.05, 3.63) is 70.3 Å². The van der Waals surface area contributed by atoms with Crippen LogP contribution in [-0.2, 0) is 9.47 Å². The molecule has 10 heteroatoms. The number of hydrogen-bond donors (Lipinski definition) is 0. The maximum absolute atomic E-state index is 13.5. The lowest BCUT2D eigenvalue weighted by molar-refractivity contribution is -0.385. The Balaban J connectivity index is 1.92. The molecule has 2 aliphatic rings. The van der Waals surface area contributed by atoms with Crippen LogP contribution in [0.2, 0.25) is 0 Å². The van der Waals surface area contributed by atoms with Gasteiger partial charge in [0.25, 0.3) is 11.6 Å². The number of ether oxygens (including phenoxy) is 2. The number of rotatable bonds is 5. The Bertz CT molecular complexity index is 966. The number of amides is 1. The first-order valence-electron chi connectivity index (χ1n) is 10.2. The molecular formula is C21H25N4O5P. The normalized spacial score (nSPS) is 18.5. The van der Waals surface area contributed by atoms with Crippen LogP contribution in [0.15, 0.2) is 59.3 Å². The topological polar surface area (TPSA) is 97.5 Å². The van der Waals surface area contributed by atoms with Gasteiger partial charge in [0.1, 0.15) is 12.9 Å². The molecule has 2 aliphatic heterocycles. The first-order chi connectivity index (χ1) is 15.1. The molecule has 0 unspecified atom stereocenters. The molecule has 0 N–H and O–H groups in total. The molecule has 2 heterocycles. The van der Waals surface area contributed by atoms with Crippen molar-refractivity contribution in [2.75, 3.05) is 52.6 Å². The summed E-state index contributed by atoms with van der Waals surface area (Å²) in [5, 5.41) is 12.5. The zero-order valence-electron chi connectivity index (χ0n) is 17.1. The second-order valence-electron chi connectivity index (χ2n) is 7.22. The van der Waals surface area contributed by atoms with Crippen molar-refractivity contribution in [3.63, 3.8) is 0 Å². The van der Waals surface area contributed by atoms with Gasteiger partial charge in [-0.05, 0) is 6.07 Å². The minimum atomic E-state index is -2.71. The maximum Gasteiger partial charge on any atom is 0.285 e. The van der Waals surface area contributed by atoms with E-state index in [-0.39, 0.29) is 11.3 Å². The van der Waals surface area contributed by atoms with Crippen LogP contribution in [0.3, 0.4) is 0 Å². The molecule has 2 saturated heterocycles. The van der Waals surface area contributed by atoms with Gasteiger partial charge in [-0.2, -0.15) is 4.74 Å². The number of hydrogen-bond acceptors (Lipinski definition) is 5. The Hall–Kier alpha value is -2.42. The fourth-order valence-corrected chi connectivity index (χ4v) is 7.73. The van der Waals surface area contributed by atoms with Crippen LogP contribution in [0, 0.1) is 10.1 Å². The van der Waals surface area contributed by atoms with Gasteiger partial charge in [-0.3, -0.25) is 14.9 Å². The van der Waals surface area contributed by atoms with Crippen molar-refractivity contribution >= 4 is 24.3 Å². The van der Waals surface area contributed by atoms with Gasteiger partial charge in [-0.15, -0.1) is 0 Å². The van der Waals surface area contributed by atoms with Crippen molar-refractivity contribution in [2.24, 2.45) is 4.74 Å². The first-order valence-corrected chi connectivity index (χ1v) is 11.9. The average Bonchev–Trinajstić information content (AvgIpc) is 2.84. The highest BCUT2D eigenvalue weighted by Gasteiger charge is 2.39. The highest BCUT2D eigenvalue weighted by molar-refractivity contribution is 7.69. The molecule has 164 valence electrons. The second kappa shape index (κ2) is 9.80. The van der Waals surface area contributed by atoms with E-state index in [1.165, 1.54) is 12.1 Å². The molecule has 9 nitrogen and oxygen atoms in total. The molecule has 0 aliphatic carbocycles. The molecular weight excluding hydrogens is 419 g/mol. The number of carbonyl (C=O) groups is 1. The number of carbonyl (C=O) groups excluding carboxylic acids is 1. The zero-order chi connectivity index (χ0) is 21.7. The van der Waals surface area contributed by atoms with E-state index in [9.17, 15) is 14.9 Å². The van der Waals surface area contributed by atoms with Crippen molar-refractivity contribution in [3.8, 4) is 0 Å². The third-order valence-corrected chi connectivity index (χ3v) is 9.26. The van der Waals surface area contributed by atoms with E-state index < -0.39 is 18.2 Å². The van der Waals surface area contributed by atoms with Gasteiger partial charge >= 0.3 is 0 Å². The SMILES string of the molecule is O=C(N=P(c1ccccc1)(N1CCOCC1)N1CCOCC1)c1ccccc1[N+](=O)[O-]. The average molecular weight is 444 g/mol. The van der Waals surface area contributed by atoms with E-state index in [4.69, 9.17) is 14.2 Å². The molecule has 0 radical (unpaired) electrons. The molecule has 0 bridgehead atoms. The summed E-state index contributed by atoms with van der Waals surface area (Å²) < 4.78 is 20.5. The molecule has 0 spiro atoms. The van der Waals surface area contributed by atoms with Crippen LogP contribution in [-0.4, -0.2) is 72.8 Å². The van der Waals surface area contributed by atoms with E-state index in [0.717, 1.165) is 5.30 Å². The van der Waals surface area contributed by atoms with Gasteiger partial charge in [0.2, 0.25) is 0 Å². The fraction of sp³-hybridized carbons (Fsp3) is 0.381. The number of morpholine rings is 2. The van der Waals surface area contributed by atoms with Crippen LogP contribution in [0.1, 0.15) is 10.4 Å². The molecule has 2 fully saturated rings. The largest absolute Gasteiger partial charge is 0.379 e. The lowest BCUT2D eigenvalue weighted by Gasteiger charge is -2.46. The summed E-state index contributed by atoms with van der Waals surface area (Å²) in [6, 6.07) is 15.8. The molecule has 0 saturated carbocycles. The Morgan fingerprint density at radius 1 is 0.871 bits per heavy atom. The lowest BCUT2D eigenvalue weighted by atomic mass is 10.2. The van der Waals surface area contributed by atoms with Crippen LogP contribution >= 0.6 is 7.36 Å². The van der Waals surface area contributed by atoms with Crippen LogP contribution in [0.5, 0.6) is 0 Å². The minimum Gasteiger partial charge on any atom is -0.379 e. The predicted molar refractivity (Wildman–Crippen MR) is 118 cm³/mol. The number of para-hydroxylation sites is 1. The number of nitro benzene ring substituents is 1. The van der Waals surface area contributed by atoms with Gasteiger partial charge in [0.15, 0.2) is 0 Å². The standard InChI is InChI=1S/C21H25N4O5P/c26-21(19-8-4-5-9-20(19)25(27)28)22-31(18-6-2-1-3-7-18,23-10-14-29-15-11-23)24-12-16-30-17-13-24/h1-9H,10-17H2. The summed E-state index contributed by atoms with van der Waals surface area (Å²) in [6.45, 7) is 4.73. The van der Waals surface area contributed by atoms with Gasteiger partial charge in [-0.1, -0.05) is 42.5 Å². The summed E-state index contributed by atoms with van der Waals surface area (Å²) in [5.74, 6) is -0.567. The van der Waals surface area contributed by atoms with Gasteiger partial charge in [-0.25, -0.2) is 9.34 Å². The number of nitro groups is 1. The van der Waals surface area contributed by atoms with Gasteiger partial charge in [0, 0.05) is 37.5 Å². The number of benzene rings is 2. The molecule has 1 amide bonds. The highest BCUT2D eigenvalue weighted by Crippen LogP contribution is 2.56. The molecule has 31 heavy (non-hydrogen) atoms. The molecule has 0 aromatic heterocycles. The van der Waals surface area contributed by atoms with Crippen molar-refractivity contribution < 1.29 is 19.2 Å². The van der Waals surface area contributed by atoms with E-state index in [2.05, 4.69) is 9.34 Å². The summed E-state index contributed by atoms with van der Waals surface area (Å²) in [6.07, 6.45) is 0. The Kier molecular flexibility index (Phi) is 6.89. The predicted octanol–water partition coefficient (Wildman–Crippen LogP) is 2.76. The molecule has 2 aromatic rings. The van der Waals surface area contributed by atoms with E-state index in [1.54, 1.807) is 12.1 Å². The Morgan fingerprint density at radius 3 is 1.94 bits per heavy atom. The number of nitrogens with zero attached hydrogens (tertiary/aromatic N) is 4. The maximum atomic E-state index is 13.5. The monoisotopic (exact) mass is 444 g/mol. The van der Waals surface area contributed by atoms with Gasteiger partial charge in [0.05, 0.1) is 31.4 Å². The summed E-state index contributed by atoms with van der Waals surface area (Å²) >= 11 is 0. The van der Waals surface area contributed by atoms with Crippen LogP contribution in [0.4, 0.5) is 5.69 Å².